The number of nitrogens with one attached hydrogen (secondary N) is 1. The SMILES string of the molecule is Cn1cnnc1-c1cccc(NCc2ccncn2)c1. The zero-order chi connectivity index (χ0) is 13.8. The van der Waals surface area contributed by atoms with E-state index in [1.807, 2.05) is 41.9 Å². The Balaban J connectivity index is 1.77. The van der Waals surface area contributed by atoms with Crippen molar-refractivity contribution in [1.29, 1.82) is 0 Å². The summed E-state index contributed by atoms with van der Waals surface area (Å²) in [6, 6.07) is 9.96. The van der Waals surface area contributed by atoms with E-state index in [1.165, 1.54) is 0 Å². The summed E-state index contributed by atoms with van der Waals surface area (Å²) >= 11 is 0. The van der Waals surface area contributed by atoms with Crippen LogP contribution in [0.2, 0.25) is 0 Å². The molecule has 0 saturated carbocycles. The molecule has 0 radical (unpaired) electrons. The van der Waals surface area contributed by atoms with Crippen molar-refractivity contribution in [2.45, 2.75) is 6.54 Å². The molecule has 0 fully saturated rings. The second-order valence-electron chi connectivity index (χ2n) is 4.40. The summed E-state index contributed by atoms with van der Waals surface area (Å²) in [5, 5.41) is 11.3. The van der Waals surface area contributed by atoms with E-state index in [-0.39, 0.29) is 0 Å². The summed E-state index contributed by atoms with van der Waals surface area (Å²) in [6.07, 6.45) is 4.98. The van der Waals surface area contributed by atoms with Crippen LogP contribution < -0.4 is 5.32 Å². The van der Waals surface area contributed by atoms with Crippen LogP contribution in [0.15, 0.2) is 49.2 Å². The first-order chi connectivity index (χ1) is 9.83. The van der Waals surface area contributed by atoms with Gasteiger partial charge >= 0.3 is 0 Å². The first-order valence-electron chi connectivity index (χ1n) is 6.26. The number of hydrogen-bond acceptors (Lipinski definition) is 5. The molecule has 20 heavy (non-hydrogen) atoms. The van der Waals surface area contributed by atoms with E-state index < -0.39 is 0 Å². The fourth-order valence-electron chi connectivity index (χ4n) is 1.93. The van der Waals surface area contributed by atoms with E-state index in [2.05, 4.69) is 25.5 Å². The van der Waals surface area contributed by atoms with Crippen LogP contribution in [-0.2, 0) is 13.6 Å². The lowest BCUT2D eigenvalue weighted by Crippen LogP contribution is -2.02. The molecule has 0 aliphatic carbocycles. The summed E-state index contributed by atoms with van der Waals surface area (Å²) in [7, 11) is 1.93. The molecule has 1 N–H and O–H groups in total. The number of anilines is 1. The Morgan fingerprint density at radius 3 is 2.95 bits per heavy atom. The number of aryl methyl sites for hydroxylation is 1. The third kappa shape index (κ3) is 2.64. The zero-order valence-electron chi connectivity index (χ0n) is 11.1. The maximum atomic E-state index is 4.18. The Morgan fingerprint density at radius 1 is 1.25 bits per heavy atom. The second kappa shape index (κ2) is 5.48. The van der Waals surface area contributed by atoms with Crippen LogP contribution in [0.4, 0.5) is 5.69 Å². The van der Waals surface area contributed by atoms with Gasteiger partial charge in [0, 0.05) is 24.5 Å². The van der Waals surface area contributed by atoms with Crippen LogP contribution in [0.1, 0.15) is 5.69 Å². The molecule has 1 aromatic carbocycles. The van der Waals surface area contributed by atoms with Crippen LogP contribution in [0, 0.1) is 0 Å². The zero-order valence-corrected chi connectivity index (χ0v) is 11.1. The Hall–Kier alpha value is -2.76. The highest BCUT2D eigenvalue weighted by molar-refractivity contribution is 5.62. The third-order valence-electron chi connectivity index (χ3n) is 2.95. The normalized spacial score (nSPS) is 10.4. The Kier molecular flexibility index (Phi) is 3.36. The molecule has 0 aliphatic rings. The highest BCUT2D eigenvalue weighted by Gasteiger charge is 2.05. The molecule has 0 saturated heterocycles. The number of rotatable bonds is 4. The van der Waals surface area contributed by atoms with Crippen LogP contribution in [0.25, 0.3) is 11.4 Å². The van der Waals surface area contributed by atoms with E-state index in [0.29, 0.717) is 6.54 Å². The number of hydrogen-bond donors (Lipinski definition) is 1. The van der Waals surface area contributed by atoms with Gasteiger partial charge in [-0.15, -0.1) is 10.2 Å². The first kappa shape index (κ1) is 12.3. The summed E-state index contributed by atoms with van der Waals surface area (Å²) in [5.74, 6) is 0.843. The average molecular weight is 266 g/mol. The van der Waals surface area contributed by atoms with E-state index >= 15 is 0 Å². The van der Waals surface area contributed by atoms with Crippen molar-refractivity contribution in [2.24, 2.45) is 7.05 Å². The first-order valence-corrected chi connectivity index (χ1v) is 6.26. The smallest absolute Gasteiger partial charge is 0.163 e. The van der Waals surface area contributed by atoms with Crippen LogP contribution in [0.5, 0.6) is 0 Å². The van der Waals surface area contributed by atoms with Crippen molar-refractivity contribution >= 4 is 5.69 Å². The van der Waals surface area contributed by atoms with Gasteiger partial charge in [0.2, 0.25) is 0 Å². The molecule has 100 valence electrons. The Bertz CT molecular complexity index is 692. The largest absolute Gasteiger partial charge is 0.379 e. The van der Waals surface area contributed by atoms with Crippen LogP contribution in [0.3, 0.4) is 0 Å². The minimum Gasteiger partial charge on any atom is -0.379 e. The lowest BCUT2D eigenvalue weighted by Gasteiger charge is -2.07. The molecular formula is C14H14N6. The van der Waals surface area contributed by atoms with Crippen molar-refractivity contribution in [3.05, 3.63) is 54.9 Å². The van der Waals surface area contributed by atoms with Crippen LogP contribution in [-0.4, -0.2) is 24.7 Å². The van der Waals surface area contributed by atoms with Crippen molar-refractivity contribution in [3.63, 3.8) is 0 Å². The fourth-order valence-corrected chi connectivity index (χ4v) is 1.93. The van der Waals surface area contributed by atoms with Crippen molar-refractivity contribution in [1.82, 2.24) is 24.7 Å². The minimum atomic E-state index is 0.658. The Morgan fingerprint density at radius 2 is 2.20 bits per heavy atom. The molecule has 3 aromatic rings. The van der Waals surface area contributed by atoms with Gasteiger partial charge in [-0.2, -0.15) is 0 Å². The molecule has 3 rings (SSSR count). The second-order valence-corrected chi connectivity index (χ2v) is 4.40. The number of nitrogens with zero attached hydrogens (tertiary/aromatic N) is 5. The molecule has 2 aromatic heterocycles. The Labute approximate surface area is 116 Å². The topological polar surface area (TPSA) is 68.5 Å². The summed E-state index contributed by atoms with van der Waals surface area (Å²) in [6.45, 7) is 0.658. The molecule has 6 heteroatoms. The minimum absolute atomic E-state index is 0.658. The highest BCUT2D eigenvalue weighted by Crippen LogP contribution is 2.20. The number of aromatic nitrogens is 5. The standard InChI is InChI=1S/C14H14N6/c1-20-10-18-19-14(20)11-3-2-4-12(7-11)16-8-13-5-6-15-9-17-13/h2-7,9-10,16H,8H2,1H3. The molecule has 0 unspecified atom stereocenters. The average Bonchev–Trinajstić information content (AvgIpc) is 2.93. The van der Waals surface area contributed by atoms with Gasteiger partial charge in [-0.3, -0.25) is 0 Å². The van der Waals surface area contributed by atoms with Crippen molar-refractivity contribution < 1.29 is 0 Å². The molecule has 0 aliphatic heterocycles. The van der Waals surface area contributed by atoms with Gasteiger partial charge in [-0.25, -0.2) is 9.97 Å². The van der Waals surface area contributed by atoms with Gasteiger partial charge in [-0.05, 0) is 18.2 Å². The summed E-state index contributed by atoms with van der Waals surface area (Å²) < 4.78 is 1.89. The molecular weight excluding hydrogens is 252 g/mol. The monoisotopic (exact) mass is 266 g/mol. The van der Waals surface area contributed by atoms with E-state index in [1.54, 1.807) is 18.9 Å². The molecule has 0 bridgehead atoms. The number of benzene rings is 1. The third-order valence-corrected chi connectivity index (χ3v) is 2.95. The van der Waals surface area contributed by atoms with E-state index in [4.69, 9.17) is 0 Å². The predicted octanol–water partition coefficient (Wildman–Crippen LogP) is 1.88. The van der Waals surface area contributed by atoms with Gasteiger partial charge in [-0.1, -0.05) is 12.1 Å². The van der Waals surface area contributed by atoms with Crippen LogP contribution >= 0.6 is 0 Å². The van der Waals surface area contributed by atoms with E-state index in [0.717, 1.165) is 22.8 Å². The van der Waals surface area contributed by atoms with Gasteiger partial charge in [0.15, 0.2) is 5.82 Å². The summed E-state index contributed by atoms with van der Waals surface area (Å²) in [5.41, 5.74) is 2.99. The van der Waals surface area contributed by atoms with Crippen molar-refractivity contribution in [3.8, 4) is 11.4 Å². The van der Waals surface area contributed by atoms with Gasteiger partial charge < -0.3 is 9.88 Å². The fraction of sp³-hybridized carbons (Fsp3) is 0.143. The molecule has 6 nitrogen and oxygen atoms in total. The molecule has 0 spiro atoms. The van der Waals surface area contributed by atoms with Gasteiger partial charge in [0.1, 0.15) is 12.7 Å². The molecule has 0 amide bonds. The predicted molar refractivity (Wildman–Crippen MR) is 75.8 cm³/mol. The van der Waals surface area contributed by atoms with Gasteiger partial charge in [0.05, 0.1) is 12.2 Å². The molecule has 0 atom stereocenters. The van der Waals surface area contributed by atoms with Crippen molar-refractivity contribution in [2.75, 3.05) is 5.32 Å². The quantitative estimate of drug-likeness (QED) is 0.781. The lowest BCUT2D eigenvalue weighted by atomic mass is 10.2. The maximum absolute atomic E-state index is 4.18. The summed E-state index contributed by atoms with van der Waals surface area (Å²) in [4.78, 5) is 8.08. The van der Waals surface area contributed by atoms with Gasteiger partial charge in [0.25, 0.3) is 0 Å². The highest BCUT2D eigenvalue weighted by atomic mass is 15.2. The van der Waals surface area contributed by atoms with E-state index in [9.17, 15) is 0 Å². The maximum Gasteiger partial charge on any atom is 0.163 e. The molecule has 2 heterocycles. The lowest BCUT2D eigenvalue weighted by molar-refractivity contribution is 0.919.